The minimum absolute atomic E-state index is 0. The number of aldehydes is 1. The molecule has 0 radical (unpaired) electrons. The Morgan fingerprint density at radius 2 is 1.83 bits per heavy atom. The first kappa shape index (κ1) is 14.4. The molecule has 2 nitrogen and oxygen atoms in total. The van der Waals surface area contributed by atoms with Gasteiger partial charge in [0.15, 0.2) is 0 Å². The van der Waals surface area contributed by atoms with E-state index in [4.69, 9.17) is 0 Å². The summed E-state index contributed by atoms with van der Waals surface area (Å²) in [5, 5.41) is 5.44. The highest BCUT2D eigenvalue weighted by atomic mass is 16.1. The van der Waals surface area contributed by atoms with E-state index in [1.807, 2.05) is 26.0 Å². The monoisotopic (exact) mass is 245 g/mol. The number of hydrogen-bond donors (Lipinski definition) is 1. The Bertz CT molecular complexity index is 499. The van der Waals surface area contributed by atoms with E-state index in [1.165, 1.54) is 16.3 Å². The molecule has 2 rings (SSSR count). The van der Waals surface area contributed by atoms with Crippen LogP contribution in [0.25, 0.3) is 10.8 Å². The fourth-order valence-corrected chi connectivity index (χ4v) is 1.84. The lowest BCUT2D eigenvalue weighted by molar-refractivity contribution is -0.109. The Balaban J connectivity index is 0.00000103. The van der Waals surface area contributed by atoms with Gasteiger partial charge in [0.05, 0.1) is 6.04 Å². The number of benzene rings is 2. The number of nitrogens with one attached hydrogen (secondary N) is 1. The fraction of sp³-hybridized carbons (Fsp3) is 0.312. The lowest BCUT2D eigenvalue weighted by Gasteiger charge is -2.09. The smallest absolute Gasteiger partial charge is 0.137 e. The van der Waals surface area contributed by atoms with Gasteiger partial charge in [-0.2, -0.15) is 0 Å². The topological polar surface area (TPSA) is 29.1 Å². The minimum Gasteiger partial charge on any atom is -0.311 e. The van der Waals surface area contributed by atoms with Gasteiger partial charge in [-0.05, 0) is 29.8 Å². The first-order chi connectivity index (χ1) is 8.83. The summed E-state index contributed by atoms with van der Waals surface area (Å²) in [5.41, 5.74) is 1.19. The van der Waals surface area contributed by atoms with Crippen LogP contribution in [-0.4, -0.2) is 19.4 Å². The van der Waals surface area contributed by atoms with E-state index < -0.39 is 0 Å². The maximum absolute atomic E-state index is 10.7. The highest BCUT2D eigenvalue weighted by molar-refractivity contribution is 5.83. The van der Waals surface area contributed by atoms with Crippen LogP contribution in [0.2, 0.25) is 0 Å². The Morgan fingerprint density at radius 1 is 1.17 bits per heavy atom. The zero-order valence-electron chi connectivity index (χ0n) is 11.3. The molecule has 0 aliphatic heterocycles. The van der Waals surface area contributed by atoms with Gasteiger partial charge in [-0.1, -0.05) is 56.3 Å². The summed E-state index contributed by atoms with van der Waals surface area (Å²) in [5.74, 6) is 0. The van der Waals surface area contributed by atoms with Crippen LogP contribution in [0.3, 0.4) is 0 Å². The van der Waals surface area contributed by atoms with Gasteiger partial charge in [0.2, 0.25) is 0 Å². The van der Waals surface area contributed by atoms with Crippen molar-refractivity contribution in [3.05, 3.63) is 48.0 Å². The number of likely N-dealkylation sites (N-methyl/N-ethyl adjacent to an activating group) is 1. The minimum atomic E-state index is -0.0961. The molecule has 18 heavy (non-hydrogen) atoms. The standard InChI is InChI=1S/C14H15NO.C2H6.H2/c1-15-14(10-16)9-11-6-7-12-4-2-3-5-13(12)8-11;1-2;/h2-8,10,14-15H,9H2,1H3;1-2H3;1H/t14-;;/m0../s1. The highest BCUT2D eigenvalue weighted by Gasteiger charge is 2.05. The lowest BCUT2D eigenvalue weighted by Crippen LogP contribution is -2.28. The van der Waals surface area contributed by atoms with Crippen molar-refractivity contribution in [2.75, 3.05) is 7.05 Å². The molecule has 0 spiro atoms. The van der Waals surface area contributed by atoms with Gasteiger partial charge in [-0.3, -0.25) is 0 Å². The summed E-state index contributed by atoms with van der Waals surface area (Å²) in [6.07, 6.45) is 1.69. The number of hydrogen-bond acceptors (Lipinski definition) is 2. The molecule has 0 bridgehead atoms. The van der Waals surface area contributed by atoms with Crippen molar-refractivity contribution in [1.29, 1.82) is 0 Å². The summed E-state index contributed by atoms with van der Waals surface area (Å²) in [6.45, 7) is 4.00. The highest BCUT2D eigenvalue weighted by Crippen LogP contribution is 2.16. The van der Waals surface area contributed by atoms with Crippen molar-refractivity contribution in [3.8, 4) is 0 Å². The van der Waals surface area contributed by atoms with Crippen molar-refractivity contribution in [2.24, 2.45) is 0 Å². The van der Waals surface area contributed by atoms with Gasteiger partial charge >= 0.3 is 0 Å². The van der Waals surface area contributed by atoms with E-state index in [2.05, 4.69) is 35.6 Å². The third-order valence-electron chi connectivity index (χ3n) is 2.80. The van der Waals surface area contributed by atoms with Gasteiger partial charge in [0.25, 0.3) is 0 Å². The van der Waals surface area contributed by atoms with Crippen molar-refractivity contribution in [1.82, 2.24) is 5.32 Å². The predicted octanol–water partition coefficient (Wildman–Crippen LogP) is 3.44. The molecule has 0 aliphatic rings. The Hall–Kier alpha value is -1.67. The summed E-state index contributed by atoms with van der Waals surface area (Å²) >= 11 is 0. The van der Waals surface area contributed by atoms with Crippen LogP contribution < -0.4 is 5.32 Å². The molecule has 2 aromatic rings. The molecule has 2 heteroatoms. The Labute approximate surface area is 111 Å². The molecule has 0 fully saturated rings. The summed E-state index contributed by atoms with van der Waals surface area (Å²) < 4.78 is 0. The third-order valence-corrected chi connectivity index (χ3v) is 2.80. The van der Waals surface area contributed by atoms with Crippen molar-refractivity contribution in [2.45, 2.75) is 26.3 Å². The quantitative estimate of drug-likeness (QED) is 0.836. The van der Waals surface area contributed by atoms with Crippen LogP contribution in [0.4, 0.5) is 0 Å². The van der Waals surface area contributed by atoms with Gasteiger partial charge < -0.3 is 10.1 Å². The fourth-order valence-electron chi connectivity index (χ4n) is 1.84. The predicted molar refractivity (Wildman–Crippen MR) is 80.0 cm³/mol. The largest absolute Gasteiger partial charge is 0.311 e. The maximum Gasteiger partial charge on any atom is 0.137 e. The number of carbonyl (C=O) groups excluding carboxylic acids is 1. The summed E-state index contributed by atoms with van der Waals surface area (Å²) in [7, 11) is 1.81. The molecule has 2 aromatic carbocycles. The average molecular weight is 245 g/mol. The SMILES string of the molecule is CC.CN[C@H](C=O)Cc1ccc2ccccc2c1.[HH]. The summed E-state index contributed by atoms with van der Waals surface area (Å²) in [6, 6.07) is 14.5. The summed E-state index contributed by atoms with van der Waals surface area (Å²) in [4.78, 5) is 10.7. The third kappa shape index (κ3) is 3.67. The molecule has 0 aromatic heterocycles. The van der Waals surface area contributed by atoms with Crippen LogP contribution in [-0.2, 0) is 11.2 Å². The van der Waals surface area contributed by atoms with E-state index in [0.29, 0.717) is 0 Å². The molecule has 0 saturated heterocycles. The second-order valence-electron chi connectivity index (χ2n) is 3.92. The second-order valence-corrected chi connectivity index (χ2v) is 3.92. The maximum atomic E-state index is 10.7. The molecule has 0 saturated carbocycles. The van der Waals surface area contributed by atoms with Gasteiger partial charge in [-0.25, -0.2) is 0 Å². The molecule has 1 N–H and O–H groups in total. The van der Waals surface area contributed by atoms with E-state index in [0.717, 1.165) is 12.7 Å². The number of carbonyl (C=O) groups is 1. The Kier molecular flexibility index (Phi) is 6.09. The van der Waals surface area contributed by atoms with Gasteiger partial charge in [-0.15, -0.1) is 0 Å². The molecule has 0 heterocycles. The number of fused-ring (bicyclic) bond motifs is 1. The van der Waals surface area contributed by atoms with E-state index >= 15 is 0 Å². The first-order valence-corrected chi connectivity index (χ1v) is 6.43. The molecule has 0 amide bonds. The molecular formula is C16H23NO. The normalized spacial score (nSPS) is 11.5. The van der Waals surface area contributed by atoms with Crippen molar-refractivity contribution >= 4 is 17.1 Å². The molecular weight excluding hydrogens is 222 g/mol. The lowest BCUT2D eigenvalue weighted by atomic mass is 10.0. The Morgan fingerprint density at radius 3 is 2.44 bits per heavy atom. The first-order valence-electron chi connectivity index (χ1n) is 6.43. The van der Waals surface area contributed by atoms with Crippen LogP contribution in [0, 0.1) is 0 Å². The van der Waals surface area contributed by atoms with Crippen molar-refractivity contribution in [3.63, 3.8) is 0 Å². The van der Waals surface area contributed by atoms with Crippen LogP contribution in [0.5, 0.6) is 0 Å². The van der Waals surface area contributed by atoms with Gasteiger partial charge in [0.1, 0.15) is 6.29 Å². The van der Waals surface area contributed by atoms with E-state index in [9.17, 15) is 4.79 Å². The zero-order valence-corrected chi connectivity index (χ0v) is 11.3. The molecule has 0 aliphatic carbocycles. The van der Waals surface area contributed by atoms with Crippen LogP contribution in [0.1, 0.15) is 20.8 Å². The molecule has 1 atom stereocenters. The van der Waals surface area contributed by atoms with Crippen LogP contribution >= 0.6 is 0 Å². The van der Waals surface area contributed by atoms with Gasteiger partial charge in [0, 0.05) is 1.43 Å². The van der Waals surface area contributed by atoms with Crippen molar-refractivity contribution < 1.29 is 6.22 Å². The van der Waals surface area contributed by atoms with E-state index in [-0.39, 0.29) is 7.47 Å². The number of rotatable bonds is 4. The zero-order chi connectivity index (χ0) is 13.4. The average Bonchev–Trinajstić information content (AvgIpc) is 2.46. The van der Waals surface area contributed by atoms with Crippen LogP contribution in [0.15, 0.2) is 42.5 Å². The molecule has 98 valence electrons. The van der Waals surface area contributed by atoms with E-state index in [1.54, 1.807) is 7.05 Å². The second kappa shape index (κ2) is 7.62. The molecule has 0 unspecified atom stereocenters.